The Labute approximate surface area is 272 Å². The zero-order chi connectivity index (χ0) is 30.4. The topological polar surface area (TPSA) is 76.4 Å². The maximum Gasteiger partial charge on any atom is 0.320 e. The maximum absolute atomic E-state index is 12.8. The molecule has 0 rings (SSSR count). The molecule has 0 aliphatic rings. The van der Waals surface area contributed by atoms with E-state index in [2.05, 4.69) is 33.8 Å². The summed E-state index contributed by atoms with van der Waals surface area (Å²) >= 11 is 14.2. The van der Waals surface area contributed by atoms with Gasteiger partial charge in [0.05, 0.1) is 24.7 Å². The highest BCUT2D eigenvalue weighted by molar-refractivity contribution is 9.12. The smallest absolute Gasteiger partial charge is 0.320 e. The third-order valence-electron chi connectivity index (χ3n) is 5.57. The lowest BCUT2D eigenvalue weighted by Gasteiger charge is -2.22. The van der Waals surface area contributed by atoms with E-state index < -0.39 is 18.2 Å². The molecular weight excluding hydrogens is 639 g/mol. The van der Waals surface area contributed by atoms with Crippen LogP contribution in [0.2, 0.25) is 0 Å². The molecule has 0 radical (unpaired) electrons. The number of esters is 2. The number of rotatable bonds is 23. The minimum absolute atomic E-state index is 0.177. The summed E-state index contributed by atoms with van der Waals surface area (Å²) in [6, 6.07) is 2.29. The summed E-state index contributed by atoms with van der Waals surface area (Å²) in [5.74, 6) is 1.91. The standard InChI is InChI=1S/C28H49NO4S7/c1-7-9-17-36-27(34)38-23(19-22(3)4)25(30)32-15-13-11-12-14-16-33-26(31)24(20-28(5,6)21-29)39-40(35)37-18-10-8-2/h22-24H,7-20H2,1-6H3. The van der Waals surface area contributed by atoms with Crippen molar-refractivity contribution in [2.75, 3.05) is 24.7 Å². The predicted octanol–water partition coefficient (Wildman–Crippen LogP) is 9.08. The third kappa shape index (κ3) is 22.1. The highest BCUT2D eigenvalue weighted by Crippen LogP contribution is 2.34. The Bertz CT molecular complexity index is 802. The van der Waals surface area contributed by atoms with Gasteiger partial charge in [0, 0.05) is 5.75 Å². The Morgan fingerprint density at radius 1 is 0.925 bits per heavy atom. The molecule has 3 unspecified atom stereocenters. The third-order valence-corrected chi connectivity index (χ3v) is 15.2. The van der Waals surface area contributed by atoms with Gasteiger partial charge >= 0.3 is 11.9 Å². The van der Waals surface area contributed by atoms with Gasteiger partial charge in [-0.15, -0.1) is 11.8 Å². The molecule has 232 valence electrons. The molecule has 3 atom stereocenters. The van der Waals surface area contributed by atoms with Gasteiger partial charge in [-0.25, -0.2) is 0 Å². The fraction of sp³-hybridized carbons (Fsp3) is 0.857. The molecule has 40 heavy (non-hydrogen) atoms. The van der Waals surface area contributed by atoms with Gasteiger partial charge < -0.3 is 9.47 Å². The van der Waals surface area contributed by atoms with Gasteiger partial charge in [0.25, 0.3) is 0 Å². The number of carbonyl (C=O) groups excluding carboxylic acids is 2. The number of nitrogens with zero attached hydrogens (tertiary/aromatic N) is 1. The second kappa shape index (κ2) is 24.9. The van der Waals surface area contributed by atoms with E-state index in [1.807, 2.05) is 13.8 Å². The maximum atomic E-state index is 12.8. The predicted molar refractivity (Wildman–Crippen MR) is 189 cm³/mol. The van der Waals surface area contributed by atoms with Crippen LogP contribution in [0.25, 0.3) is 0 Å². The molecule has 0 aliphatic heterocycles. The Hall–Kier alpha value is 0.490. The van der Waals surface area contributed by atoms with E-state index in [4.69, 9.17) is 32.9 Å². The molecule has 0 fully saturated rings. The summed E-state index contributed by atoms with van der Waals surface area (Å²) < 4.78 is 12.0. The van der Waals surface area contributed by atoms with Crippen LogP contribution in [0.5, 0.6) is 0 Å². The number of carbonyl (C=O) groups is 2. The molecule has 5 nitrogen and oxygen atoms in total. The first kappa shape index (κ1) is 40.5. The highest BCUT2D eigenvalue weighted by atomic mass is 33.7. The zero-order valence-corrected chi connectivity index (χ0v) is 30.8. The molecule has 12 heteroatoms. The summed E-state index contributed by atoms with van der Waals surface area (Å²) in [4.78, 5) is 25.5. The van der Waals surface area contributed by atoms with Crippen LogP contribution < -0.4 is 0 Å². The van der Waals surface area contributed by atoms with E-state index in [-0.39, 0.29) is 17.2 Å². The van der Waals surface area contributed by atoms with Gasteiger partial charge in [0.2, 0.25) is 0 Å². The molecule has 0 saturated carbocycles. The van der Waals surface area contributed by atoms with Crippen LogP contribution in [0, 0.1) is 22.7 Å². The molecule has 0 heterocycles. The summed E-state index contributed by atoms with van der Waals surface area (Å²) in [5, 5.41) is 8.77. The van der Waals surface area contributed by atoms with E-state index in [1.165, 1.54) is 22.6 Å². The number of nitriles is 1. The van der Waals surface area contributed by atoms with Crippen molar-refractivity contribution >= 4 is 91.5 Å². The number of ether oxygens (including phenoxy) is 2. The van der Waals surface area contributed by atoms with Crippen molar-refractivity contribution in [2.24, 2.45) is 11.3 Å². The Morgan fingerprint density at radius 2 is 1.48 bits per heavy atom. The fourth-order valence-electron chi connectivity index (χ4n) is 3.22. The van der Waals surface area contributed by atoms with Crippen LogP contribution in [0.1, 0.15) is 106 Å². The monoisotopic (exact) mass is 687 g/mol. The van der Waals surface area contributed by atoms with Gasteiger partial charge in [0.1, 0.15) is 14.0 Å². The molecule has 0 aromatic carbocycles. The Morgan fingerprint density at radius 3 is 2.00 bits per heavy atom. The molecule has 0 N–H and O–H groups in total. The average Bonchev–Trinajstić information content (AvgIpc) is 2.89. The Kier molecular flexibility index (Phi) is 25.2. The normalized spacial score (nSPS) is 13.8. The van der Waals surface area contributed by atoms with E-state index in [9.17, 15) is 14.9 Å². The van der Waals surface area contributed by atoms with Crippen molar-refractivity contribution in [3.05, 3.63) is 0 Å². The van der Waals surface area contributed by atoms with Crippen molar-refractivity contribution in [3.63, 3.8) is 0 Å². The second-order valence-electron chi connectivity index (χ2n) is 10.6. The number of thiocarbonyl (C=S) groups is 1. The molecule has 0 bridgehead atoms. The summed E-state index contributed by atoms with van der Waals surface area (Å²) in [5.41, 5.74) is -0.618. The van der Waals surface area contributed by atoms with Crippen LogP contribution in [0.3, 0.4) is 0 Å². The lowest BCUT2D eigenvalue weighted by atomic mass is 9.89. The van der Waals surface area contributed by atoms with Crippen molar-refractivity contribution in [3.8, 4) is 6.07 Å². The minimum atomic E-state index is -0.618. The first-order chi connectivity index (χ1) is 18.9. The first-order valence-electron chi connectivity index (χ1n) is 14.3. The average molecular weight is 688 g/mol. The molecule has 0 aliphatic carbocycles. The van der Waals surface area contributed by atoms with Crippen molar-refractivity contribution in [1.82, 2.24) is 0 Å². The van der Waals surface area contributed by atoms with E-state index in [1.54, 1.807) is 22.6 Å². The number of thioether (sulfide) groups is 2. The van der Waals surface area contributed by atoms with E-state index >= 15 is 0 Å². The molecule has 0 saturated heterocycles. The lowest BCUT2D eigenvalue weighted by Crippen LogP contribution is -2.27. The first-order valence-corrected chi connectivity index (χ1v) is 21.6. The SMILES string of the molecule is CCCCSC(=S)SC(CC(C)C)C(=O)OCCCCCCOC(=O)C(CC(C)(C)C#N)SS(=S)SCCCC. The van der Waals surface area contributed by atoms with Crippen LogP contribution in [0.4, 0.5) is 0 Å². The largest absolute Gasteiger partial charge is 0.465 e. The van der Waals surface area contributed by atoms with Crippen LogP contribution in [0.15, 0.2) is 0 Å². The fourth-order valence-corrected chi connectivity index (χ4v) is 13.0. The lowest BCUT2D eigenvalue weighted by molar-refractivity contribution is -0.144. The summed E-state index contributed by atoms with van der Waals surface area (Å²) in [6.07, 6.45) is 8.94. The zero-order valence-electron chi connectivity index (χ0n) is 25.1. The van der Waals surface area contributed by atoms with Crippen molar-refractivity contribution in [2.45, 2.75) is 116 Å². The molecule has 0 aromatic rings. The van der Waals surface area contributed by atoms with Gasteiger partial charge in [-0.05, 0) is 95.6 Å². The van der Waals surface area contributed by atoms with Gasteiger partial charge in [-0.1, -0.05) is 86.1 Å². The van der Waals surface area contributed by atoms with Gasteiger partial charge in [0.15, 0.2) is 0 Å². The van der Waals surface area contributed by atoms with Crippen LogP contribution >= 0.6 is 57.3 Å². The van der Waals surface area contributed by atoms with Gasteiger partial charge in [-0.2, -0.15) is 5.26 Å². The minimum Gasteiger partial charge on any atom is -0.465 e. The summed E-state index contributed by atoms with van der Waals surface area (Å²) in [7, 11) is 2.73. The molecule has 0 spiro atoms. The number of hydrogen-bond acceptors (Lipinski definition) is 11. The van der Waals surface area contributed by atoms with Gasteiger partial charge in [-0.3, -0.25) is 9.59 Å². The highest BCUT2D eigenvalue weighted by Gasteiger charge is 2.31. The number of hydrogen-bond donors (Lipinski definition) is 0. The second-order valence-corrected chi connectivity index (χ2v) is 22.1. The van der Waals surface area contributed by atoms with Crippen molar-refractivity contribution in [1.29, 1.82) is 5.26 Å². The van der Waals surface area contributed by atoms with Crippen LogP contribution in [-0.2, 0) is 37.8 Å². The Balaban J connectivity index is 4.43. The molecule has 0 aromatic heterocycles. The van der Waals surface area contributed by atoms with Crippen LogP contribution in [-0.4, -0.2) is 50.7 Å². The van der Waals surface area contributed by atoms with E-state index in [0.29, 0.717) is 25.6 Å². The molecular formula is C28H49NO4S7. The number of unbranched alkanes of at least 4 members (excludes halogenated alkanes) is 5. The molecule has 0 amide bonds. The van der Waals surface area contributed by atoms with Crippen molar-refractivity contribution < 1.29 is 19.1 Å². The summed E-state index contributed by atoms with van der Waals surface area (Å²) in [6.45, 7) is 12.9. The quantitative estimate of drug-likeness (QED) is 0.0447. The van der Waals surface area contributed by atoms with E-state index in [0.717, 1.165) is 72.8 Å².